The molecule has 47 heavy (non-hydrogen) atoms. The lowest BCUT2D eigenvalue weighted by atomic mass is 10.0. The number of aromatic nitrogens is 5. The first-order valence-corrected chi connectivity index (χ1v) is 15.2. The smallest absolute Gasteiger partial charge is 0.228 e. The Hall–Kier alpha value is -5.87. The van der Waals surface area contributed by atoms with Gasteiger partial charge in [-0.3, -0.25) is 19.9 Å². The van der Waals surface area contributed by atoms with Gasteiger partial charge in [0.05, 0.1) is 35.2 Å². The molecule has 0 atom stereocenters. The number of hydrogen-bond acceptors (Lipinski definition) is 6. The second kappa shape index (κ2) is 12.9. The van der Waals surface area contributed by atoms with Gasteiger partial charge in [0.15, 0.2) is 0 Å². The van der Waals surface area contributed by atoms with Crippen molar-refractivity contribution in [3.63, 3.8) is 0 Å². The zero-order valence-electron chi connectivity index (χ0n) is 25.9. The number of amides is 1. The van der Waals surface area contributed by atoms with Gasteiger partial charge in [-0.2, -0.15) is 5.10 Å². The predicted molar refractivity (Wildman–Crippen MR) is 183 cm³/mol. The molecule has 7 rings (SSSR count). The summed E-state index contributed by atoms with van der Waals surface area (Å²) >= 11 is 0. The Labute approximate surface area is 270 Å². The number of nitrogens with one attached hydrogen (secondary N) is 3. The van der Waals surface area contributed by atoms with Crippen molar-refractivity contribution in [2.24, 2.45) is 0 Å². The fourth-order valence-corrected chi connectivity index (χ4v) is 5.59. The second-order valence-corrected chi connectivity index (χ2v) is 11.6. The number of ether oxygens (including phenoxy) is 1. The van der Waals surface area contributed by atoms with Crippen molar-refractivity contribution in [3.05, 3.63) is 115 Å². The van der Waals surface area contributed by atoms with Crippen LogP contribution in [-0.2, 0) is 11.2 Å². The average Bonchev–Trinajstić information content (AvgIpc) is 3.69. The Morgan fingerprint density at radius 3 is 2.57 bits per heavy atom. The molecule has 0 aliphatic heterocycles. The molecule has 9 nitrogen and oxygen atoms in total. The van der Waals surface area contributed by atoms with E-state index in [9.17, 15) is 9.18 Å². The lowest BCUT2D eigenvalue weighted by Crippen LogP contribution is -2.19. The Kier molecular flexibility index (Phi) is 8.16. The maximum Gasteiger partial charge on any atom is 0.228 e. The maximum atomic E-state index is 14.7. The summed E-state index contributed by atoms with van der Waals surface area (Å²) in [6, 6.07) is 26.1. The number of likely N-dealkylation sites (N-methyl/N-ethyl adjacent to an activating group) is 1. The molecule has 0 aliphatic carbocycles. The van der Waals surface area contributed by atoms with Crippen LogP contribution in [0.1, 0.15) is 5.56 Å². The summed E-state index contributed by atoms with van der Waals surface area (Å²) in [7, 11) is 3.92. The number of carbonyl (C=O) groups excluding carboxylic acids is 1. The van der Waals surface area contributed by atoms with Crippen molar-refractivity contribution < 1.29 is 13.9 Å². The van der Waals surface area contributed by atoms with Crippen LogP contribution in [0.5, 0.6) is 5.75 Å². The van der Waals surface area contributed by atoms with Crippen molar-refractivity contribution in [2.45, 2.75) is 6.42 Å². The Morgan fingerprint density at radius 2 is 1.72 bits per heavy atom. The van der Waals surface area contributed by atoms with Gasteiger partial charge in [-0.05, 0) is 67.7 Å². The first kappa shape index (κ1) is 29.8. The summed E-state index contributed by atoms with van der Waals surface area (Å²) in [6.45, 7) is 1.16. The highest BCUT2D eigenvalue weighted by atomic mass is 19.1. The number of hydrogen-bond donors (Lipinski definition) is 3. The number of carbonyl (C=O) groups is 1. The van der Waals surface area contributed by atoms with E-state index >= 15 is 0 Å². The topological polar surface area (TPSA) is 112 Å². The van der Waals surface area contributed by atoms with Gasteiger partial charge in [0.1, 0.15) is 23.9 Å². The highest BCUT2D eigenvalue weighted by molar-refractivity contribution is 6.01. The third-order valence-electron chi connectivity index (χ3n) is 7.88. The van der Waals surface area contributed by atoms with Gasteiger partial charge in [-0.25, -0.2) is 4.39 Å². The van der Waals surface area contributed by atoms with Crippen LogP contribution in [0, 0.1) is 5.82 Å². The van der Waals surface area contributed by atoms with Gasteiger partial charge in [0.2, 0.25) is 5.91 Å². The van der Waals surface area contributed by atoms with Gasteiger partial charge in [-0.1, -0.05) is 36.4 Å². The van der Waals surface area contributed by atoms with Crippen LogP contribution in [-0.4, -0.2) is 63.2 Å². The minimum absolute atomic E-state index is 0.110. The number of H-pyrrole nitrogens is 2. The summed E-state index contributed by atoms with van der Waals surface area (Å²) in [5.41, 5.74) is 7.84. The van der Waals surface area contributed by atoms with E-state index in [1.54, 1.807) is 18.6 Å². The van der Waals surface area contributed by atoms with Crippen LogP contribution in [0.4, 0.5) is 10.1 Å². The van der Waals surface area contributed by atoms with Crippen molar-refractivity contribution in [1.29, 1.82) is 0 Å². The van der Waals surface area contributed by atoms with Crippen LogP contribution in [0.3, 0.4) is 0 Å². The van der Waals surface area contributed by atoms with E-state index in [0.29, 0.717) is 35.8 Å². The molecule has 0 spiro atoms. The van der Waals surface area contributed by atoms with Gasteiger partial charge in [0, 0.05) is 52.4 Å². The van der Waals surface area contributed by atoms with E-state index in [1.807, 2.05) is 85.7 Å². The normalized spacial score (nSPS) is 11.4. The second-order valence-electron chi connectivity index (χ2n) is 11.6. The number of halogens is 1. The highest BCUT2D eigenvalue weighted by Gasteiger charge is 2.16. The first-order valence-electron chi connectivity index (χ1n) is 15.2. The summed E-state index contributed by atoms with van der Waals surface area (Å²) in [6.07, 6.45) is 5.39. The standard InChI is InChI=1S/C37H32FN7O2/c1-45(2)12-13-47-29-17-25(15-27(38)19-29)36-31-20-34(42-32(31)10-11-40-36)37-30-18-24(8-9-33(30)43-44-37)26-16-28(22-39-21-26)41-35(46)14-23-6-4-3-5-7-23/h3-11,15-22,42H,12-14H2,1-2H3,(H,41,46)(H,43,44). The van der Waals surface area contributed by atoms with Crippen LogP contribution in [0.25, 0.3) is 55.6 Å². The SMILES string of the molecule is CN(C)CCOc1cc(F)cc(-c2nccc3[nH]c(-c4n[nH]c5ccc(-c6cncc(NC(=O)Cc7ccccc7)c6)cc45)cc23)c1. The summed E-state index contributed by atoms with van der Waals surface area (Å²) < 4.78 is 20.5. The zero-order valence-corrected chi connectivity index (χ0v) is 25.9. The first-order chi connectivity index (χ1) is 22.9. The lowest BCUT2D eigenvalue weighted by molar-refractivity contribution is -0.115. The minimum Gasteiger partial charge on any atom is -0.492 e. The number of benzene rings is 3. The van der Waals surface area contributed by atoms with Gasteiger partial charge in [0.25, 0.3) is 0 Å². The fraction of sp³-hybridized carbons (Fsp3) is 0.135. The quantitative estimate of drug-likeness (QED) is 0.150. The van der Waals surface area contributed by atoms with E-state index < -0.39 is 5.82 Å². The van der Waals surface area contributed by atoms with Gasteiger partial charge >= 0.3 is 0 Å². The zero-order chi connectivity index (χ0) is 32.3. The van der Waals surface area contributed by atoms with Crippen LogP contribution in [0.2, 0.25) is 0 Å². The molecule has 0 unspecified atom stereocenters. The molecule has 10 heteroatoms. The van der Waals surface area contributed by atoms with Crippen LogP contribution < -0.4 is 10.1 Å². The molecule has 4 aromatic heterocycles. The van der Waals surface area contributed by atoms with E-state index in [-0.39, 0.29) is 12.3 Å². The van der Waals surface area contributed by atoms with E-state index in [4.69, 9.17) is 4.74 Å². The Bertz CT molecular complexity index is 2210. The molecule has 0 aliphatic rings. The third-order valence-corrected chi connectivity index (χ3v) is 7.88. The summed E-state index contributed by atoms with van der Waals surface area (Å²) in [5, 5.41) is 12.5. The van der Waals surface area contributed by atoms with Crippen molar-refractivity contribution in [1.82, 2.24) is 30.0 Å². The van der Waals surface area contributed by atoms with E-state index in [2.05, 4.69) is 36.5 Å². The van der Waals surface area contributed by atoms with E-state index in [1.165, 1.54) is 12.1 Å². The number of nitrogens with zero attached hydrogens (tertiary/aromatic N) is 4. The Morgan fingerprint density at radius 1 is 0.872 bits per heavy atom. The number of rotatable bonds is 10. The number of aromatic amines is 2. The van der Waals surface area contributed by atoms with Crippen LogP contribution >= 0.6 is 0 Å². The Balaban J connectivity index is 1.18. The number of fused-ring (bicyclic) bond motifs is 2. The van der Waals surface area contributed by atoms with Crippen molar-refractivity contribution in [2.75, 3.05) is 32.6 Å². The molecule has 0 fully saturated rings. The highest BCUT2D eigenvalue weighted by Crippen LogP contribution is 2.35. The van der Waals surface area contributed by atoms with Crippen LogP contribution in [0.15, 0.2) is 104 Å². The largest absolute Gasteiger partial charge is 0.492 e. The average molecular weight is 626 g/mol. The fourth-order valence-electron chi connectivity index (χ4n) is 5.59. The molecule has 0 saturated heterocycles. The monoisotopic (exact) mass is 625 g/mol. The molecule has 7 aromatic rings. The number of anilines is 1. The number of pyridine rings is 2. The molecule has 3 aromatic carbocycles. The molecule has 3 N–H and O–H groups in total. The van der Waals surface area contributed by atoms with Crippen molar-refractivity contribution in [3.8, 4) is 39.5 Å². The molecule has 0 radical (unpaired) electrons. The maximum absolute atomic E-state index is 14.7. The molecule has 234 valence electrons. The molecular formula is C37H32FN7O2. The lowest BCUT2D eigenvalue weighted by Gasteiger charge is -2.12. The minimum atomic E-state index is -0.392. The third kappa shape index (κ3) is 6.58. The van der Waals surface area contributed by atoms with Gasteiger partial charge in [-0.15, -0.1) is 0 Å². The molecule has 0 saturated carbocycles. The van der Waals surface area contributed by atoms with E-state index in [0.717, 1.165) is 49.9 Å². The predicted octanol–water partition coefficient (Wildman–Crippen LogP) is 7.10. The molecule has 0 bridgehead atoms. The molecular weight excluding hydrogens is 593 g/mol. The molecule has 1 amide bonds. The van der Waals surface area contributed by atoms with Gasteiger partial charge < -0.3 is 19.9 Å². The molecule has 4 heterocycles. The van der Waals surface area contributed by atoms with Crippen molar-refractivity contribution >= 4 is 33.4 Å². The summed E-state index contributed by atoms with van der Waals surface area (Å²) in [4.78, 5) is 27.2. The summed E-state index contributed by atoms with van der Waals surface area (Å²) in [5.74, 6) is -0.0460.